The van der Waals surface area contributed by atoms with Crippen molar-refractivity contribution in [3.05, 3.63) is 29.3 Å². The summed E-state index contributed by atoms with van der Waals surface area (Å²) < 4.78 is 28.9. The van der Waals surface area contributed by atoms with Gasteiger partial charge in [0.05, 0.1) is 4.90 Å². The van der Waals surface area contributed by atoms with Crippen molar-refractivity contribution in [1.82, 2.24) is 4.31 Å². The molecule has 19 heavy (non-hydrogen) atoms. The molecule has 0 amide bonds. The van der Waals surface area contributed by atoms with Crippen molar-refractivity contribution in [2.75, 3.05) is 8.86 Å². The highest BCUT2D eigenvalue weighted by Crippen LogP contribution is 2.33. The van der Waals surface area contributed by atoms with E-state index in [1.807, 2.05) is 0 Å². The topological polar surface area (TPSA) is 37.4 Å². The maximum absolute atomic E-state index is 12.8. The number of rotatable bonds is 4. The van der Waals surface area contributed by atoms with E-state index in [4.69, 9.17) is 11.6 Å². The van der Waals surface area contributed by atoms with Gasteiger partial charge in [-0.15, -0.1) is 0 Å². The van der Waals surface area contributed by atoms with Crippen LogP contribution in [0.4, 0.5) is 0 Å². The predicted octanol–water partition coefficient (Wildman–Crippen LogP) is 3.73. The summed E-state index contributed by atoms with van der Waals surface area (Å²) in [7, 11) is -3.41. The molecule has 1 aromatic carbocycles. The first kappa shape index (κ1) is 16.3. The van der Waals surface area contributed by atoms with Crippen LogP contribution in [0.15, 0.2) is 29.2 Å². The Bertz CT molecular complexity index is 523. The van der Waals surface area contributed by atoms with Crippen LogP contribution in [0.1, 0.15) is 12.8 Å². The first-order valence-electron chi connectivity index (χ1n) is 5.91. The second kappa shape index (κ2) is 6.76. The molecule has 2 atom stereocenters. The molecule has 0 spiro atoms. The van der Waals surface area contributed by atoms with Crippen LogP contribution in [0, 0.1) is 0 Å². The van der Waals surface area contributed by atoms with Crippen molar-refractivity contribution >= 4 is 66.8 Å². The van der Waals surface area contributed by atoms with E-state index in [9.17, 15) is 8.42 Å². The Morgan fingerprint density at radius 3 is 2.00 bits per heavy atom. The molecular formula is C12H14ClI2NO2S. The Morgan fingerprint density at radius 1 is 1.11 bits per heavy atom. The lowest BCUT2D eigenvalue weighted by Gasteiger charge is -2.27. The minimum absolute atomic E-state index is 0.112. The molecule has 1 heterocycles. The van der Waals surface area contributed by atoms with Gasteiger partial charge in [0.2, 0.25) is 10.0 Å². The minimum atomic E-state index is -3.41. The maximum atomic E-state index is 12.8. The van der Waals surface area contributed by atoms with Gasteiger partial charge >= 0.3 is 0 Å². The fourth-order valence-electron chi connectivity index (χ4n) is 2.35. The first-order valence-corrected chi connectivity index (χ1v) is 10.8. The van der Waals surface area contributed by atoms with Crippen molar-refractivity contribution in [2.24, 2.45) is 0 Å². The van der Waals surface area contributed by atoms with Gasteiger partial charge in [-0.05, 0) is 37.1 Å². The molecule has 1 aromatic rings. The molecule has 0 saturated carbocycles. The molecule has 0 bridgehead atoms. The first-order chi connectivity index (χ1) is 9.00. The van der Waals surface area contributed by atoms with Crippen LogP contribution >= 0.6 is 56.8 Å². The smallest absolute Gasteiger partial charge is 0.207 e. The molecular weight excluding hydrogens is 511 g/mol. The van der Waals surface area contributed by atoms with E-state index in [0.29, 0.717) is 9.92 Å². The largest absolute Gasteiger partial charge is 0.243 e. The Hall–Kier alpha value is 0.880. The van der Waals surface area contributed by atoms with Gasteiger partial charge in [-0.2, -0.15) is 4.31 Å². The van der Waals surface area contributed by atoms with Crippen LogP contribution in [-0.2, 0) is 10.0 Å². The van der Waals surface area contributed by atoms with Gasteiger partial charge in [0.1, 0.15) is 0 Å². The van der Waals surface area contributed by atoms with Crippen LogP contribution in [0.2, 0.25) is 5.02 Å². The molecule has 1 fully saturated rings. The Balaban J connectivity index is 2.39. The highest BCUT2D eigenvalue weighted by atomic mass is 127. The van der Waals surface area contributed by atoms with Crippen molar-refractivity contribution in [3.8, 4) is 0 Å². The van der Waals surface area contributed by atoms with Crippen LogP contribution in [0.3, 0.4) is 0 Å². The Kier molecular flexibility index (Phi) is 5.78. The van der Waals surface area contributed by atoms with Gasteiger partial charge in [-0.25, -0.2) is 8.42 Å². The number of hydrogen-bond donors (Lipinski definition) is 0. The van der Waals surface area contributed by atoms with E-state index in [2.05, 4.69) is 45.2 Å². The van der Waals surface area contributed by atoms with E-state index in [1.54, 1.807) is 28.6 Å². The number of benzene rings is 1. The van der Waals surface area contributed by atoms with Gasteiger partial charge < -0.3 is 0 Å². The summed E-state index contributed by atoms with van der Waals surface area (Å²) in [6, 6.07) is 6.65. The molecule has 106 valence electrons. The lowest BCUT2D eigenvalue weighted by atomic mass is 10.2. The fraction of sp³-hybridized carbons (Fsp3) is 0.500. The van der Waals surface area contributed by atoms with Crippen molar-refractivity contribution in [2.45, 2.75) is 29.8 Å². The zero-order chi connectivity index (χ0) is 14.0. The highest BCUT2D eigenvalue weighted by Gasteiger charge is 2.40. The fourth-order valence-corrected chi connectivity index (χ4v) is 6.61. The second-order valence-electron chi connectivity index (χ2n) is 4.48. The predicted molar refractivity (Wildman–Crippen MR) is 95.1 cm³/mol. The summed E-state index contributed by atoms with van der Waals surface area (Å²) in [5.74, 6) is 0. The van der Waals surface area contributed by atoms with Crippen molar-refractivity contribution < 1.29 is 8.42 Å². The zero-order valence-electron chi connectivity index (χ0n) is 10.1. The number of halogens is 3. The zero-order valence-corrected chi connectivity index (χ0v) is 16.0. The molecule has 0 aliphatic carbocycles. The third-order valence-electron chi connectivity index (χ3n) is 3.30. The highest BCUT2D eigenvalue weighted by molar-refractivity contribution is 14.1. The second-order valence-corrected chi connectivity index (χ2v) is 8.52. The van der Waals surface area contributed by atoms with Crippen LogP contribution in [0.5, 0.6) is 0 Å². The van der Waals surface area contributed by atoms with Crippen LogP contribution < -0.4 is 0 Å². The number of sulfonamides is 1. The van der Waals surface area contributed by atoms with E-state index in [-0.39, 0.29) is 12.1 Å². The van der Waals surface area contributed by atoms with E-state index < -0.39 is 10.0 Å². The summed E-state index contributed by atoms with van der Waals surface area (Å²) in [6.07, 6.45) is 1.90. The number of hydrogen-bond acceptors (Lipinski definition) is 2. The summed E-state index contributed by atoms with van der Waals surface area (Å²) in [4.78, 5) is 0.337. The van der Waals surface area contributed by atoms with Gasteiger partial charge in [0.25, 0.3) is 0 Å². The standard InChI is InChI=1S/C12H14ClI2NO2S/c13-9-1-5-12(6-2-9)19(17,18)16-10(7-14)3-4-11(16)8-15/h1-2,5-6,10-11H,3-4,7-8H2/t10-,11+. The van der Waals surface area contributed by atoms with Gasteiger partial charge in [0.15, 0.2) is 0 Å². The molecule has 0 unspecified atom stereocenters. The Labute approximate surface area is 146 Å². The number of nitrogens with zero attached hydrogens (tertiary/aromatic N) is 1. The van der Waals surface area contributed by atoms with E-state index in [1.165, 1.54) is 0 Å². The SMILES string of the molecule is O=S(=O)(c1ccc(Cl)cc1)N1[C@H](CI)CC[C@@H]1CI. The van der Waals surface area contributed by atoms with E-state index in [0.717, 1.165) is 21.7 Å². The normalized spacial score (nSPS) is 24.8. The third kappa shape index (κ3) is 3.38. The summed E-state index contributed by atoms with van der Waals surface area (Å²) in [6.45, 7) is 0. The number of alkyl halides is 2. The molecule has 0 radical (unpaired) electrons. The molecule has 7 heteroatoms. The molecule has 1 saturated heterocycles. The minimum Gasteiger partial charge on any atom is -0.207 e. The lowest BCUT2D eigenvalue weighted by Crippen LogP contribution is -2.42. The van der Waals surface area contributed by atoms with Crippen molar-refractivity contribution in [1.29, 1.82) is 0 Å². The molecule has 3 nitrogen and oxygen atoms in total. The van der Waals surface area contributed by atoms with Crippen molar-refractivity contribution in [3.63, 3.8) is 0 Å². The third-order valence-corrected chi connectivity index (χ3v) is 7.60. The monoisotopic (exact) mass is 525 g/mol. The molecule has 0 N–H and O–H groups in total. The van der Waals surface area contributed by atoms with Gasteiger partial charge in [-0.3, -0.25) is 0 Å². The lowest BCUT2D eigenvalue weighted by molar-refractivity contribution is 0.361. The Morgan fingerprint density at radius 2 is 1.58 bits per heavy atom. The molecule has 0 aromatic heterocycles. The van der Waals surface area contributed by atoms with Gasteiger partial charge in [-0.1, -0.05) is 56.8 Å². The maximum Gasteiger partial charge on any atom is 0.243 e. The molecule has 1 aliphatic heterocycles. The van der Waals surface area contributed by atoms with E-state index >= 15 is 0 Å². The molecule has 2 rings (SSSR count). The summed E-state index contributed by atoms with van der Waals surface area (Å²) in [5.41, 5.74) is 0. The summed E-state index contributed by atoms with van der Waals surface area (Å²) in [5, 5.41) is 0.552. The summed E-state index contributed by atoms with van der Waals surface area (Å²) >= 11 is 10.4. The average Bonchev–Trinajstić information content (AvgIpc) is 2.82. The van der Waals surface area contributed by atoms with Gasteiger partial charge in [0, 0.05) is 26.0 Å². The van der Waals surface area contributed by atoms with Crippen LogP contribution in [-0.4, -0.2) is 33.7 Å². The average molecular weight is 526 g/mol. The molecule has 1 aliphatic rings. The van der Waals surface area contributed by atoms with Crippen LogP contribution in [0.25, 0.3) is 0 Å². The quantitative estimate of drug-likeness (QED) is 0.444.